The van der Waals surface area contributed by atoms with Gasteiger partial charge >= 0.3 is 5.97 Å². The zero-order chi connectivity index (χ0) is 15.0. The summed E-state index contributed by atoms with van der Waals surface area (Å²) < 4.78 is 2.18. The van der Waals surface area contributed by atoms with Crippen LogP contribution in [0, 0.1) is 6.92 Å². The van der Waals surface area contributed by atoms with Crippen LogP contribution in [0.2, 0.25) is 0 Å². The highest BCUT2D eigenvalue weighted by molar-refractivity contribution is 7.09. The summed E-state index contributed by atoms with van der Waals surface area (Å²) in [4.78, 5) is 16.9. The largest absolute Gasteiger partial charge is 0.478 e. The van der Waals surface area contributed by atoms with Gasteiger partial charge in [0.15, 0.2) is 0 Å². The molecule has 5 heteroatoms. The molecule has 0 amide bonds. The van der Waals surface area contributed by atoms with Crippen LogP contribution in [-0.4, -0.2) is 20.6 Å². The molecule has 0 fully saturated rings. The summed E-state index contributed by atoms with van der Waals surface area (Å²) in [5, 5.41) is 11.2. The highest BCUT2D eigenvalue weighted by Gasteiger charge is 2.15. The van der Waals surface area contributed by atoms with Crippen molar-refractivity contribution in [3.05, 3.63) is 52.0 Å². The van der Waals surface area contributed by atoms with Gasteiger partial charge in [-0.25, -0.2) is 9.78 Å². The second-order valence-corrected chi connectivity index (χ2v) is 6.20. The van der Waals surface area contributed by atoms with E-state index >= 15 is 0 Å². The predicted molar refractivity (Wildman–Crippen MR) is 84.2 cm³/mol. The molecule has 2 aromatic heterocycles. The first-order chi connectivity index (χ1) is 10.1. The Labute approximate surface area is 126 Å². The van der Waals surface area contributed by atoms with E-state index in [0.29, 0.717) is 0 Å². The molecule has 1 N–H and O–H groups in total. The number of imidazole rings is 1. The first kappa shape index (κ1) is 13.8. The molecular formula is C16H16N2O2S. The molecule has 3 aromatic rings. The van der Waals surface area contributed by atoms with Crippen LogP contribution in [-0.2, 0) is 6.42 Å². The third-order valence-electron chi connectivity index (χ3n) is 3.63. The Morgan fingerprint density at radius 3 is 2.90 bits per heavy atom. The topological polar surface area (TPSA) is 55.1 Å². The van der Waals surface area contributed by atoms with E-state index in [4.69, 9.17) is 5.11 Å². The van der Waals surface area contributed by atoms with Gasteiger partial charge in [0.2, 0.25) is 0 Å². The third kappa shape index (κ3) is 2.56. The molecular weight excluding hydrogens is 284 g/mol. The number of fused-ring (bicyclic) bond motifs is 1. The number of hydrogen-bond acceptors (Lipinski definition) is 3. The molecule has 1 atom stereocenters. The lowest BCUT2D eigenvalue weighted by Crippen LogP contribution is -2.09. The molecule has 4 nitrogen and oxygen atoms in total. The van der Waals surface area contributed by atoms with Gasteiger partial charge in [-0.1, -0.05) is 6.07 Å². The molecule has 108 valence electrons. The lowest BCUT2D eigenvalue weighted by molar-refractivity contribution is 0.0697. The molecule has 0 saturated heterocycles. The zero-order valence-electron chi connectivity index (χ0n) is 11.9. The van der Waals surface area contributed by atoms with Crippen molar-refractivity contribution < 1.29 is 9.90 Å². The van der Waals surface area contributed by atoms with Crippen molar-refractivity contribution in [2.75, 3.05) is 0 Å². The van der Waals surface area contributed by atoms with E-state index in [1.807, 2.05) is 13.0 Å². The molecule has 2 heterocycles. The Hall–Kier alpha value is -2.14. The SMILES string of the molecule is Cc1nc2cc(C(=O)O)ccc2n1C(C)Cc1cccs1. The van der Waals surface area contributed by atoms with Crippen molar-refractivity contribution in [1.82, 2.24) is 9.55 Å². The summed E-state index contributed by atoms with van der Waals surface area (Å²) in [5.41, 5.74) is 2.00. The van der Waals surface area contributed by atoms with Gasteiger partial charge in [-0.15, -0.1) is 11.3 Å². The molecule has 0 spiro atoms. The normalized spacial score (nSPS) is 12.7. The number of rotatable bonds is 4. The summed E-state index contributed by atoms with van der Waals surface area (Å²) in [6, 6.07) is 9.61. The maximum atomic E-state index is 11.0. The summed E-state index contributed by atoms with van der Waals surface area (Å²) in [7, 11) is 0. The fraction of sp³-hybridized carbons (Fsp3) is 0.250. The van der Waals surface area contributed by atoms with E-state index in [0.717, 1.165) is 23.3 Å². The fourth-order valence-electron chi connectivity index (χ4n) is 2.72. The van der Waals surface area contributed by atoms with Crippen LogP contribution in [0.4, 0.5) is 0 Å². The summed E-state index contributed by atoms with van der Waals surface area (Å²) in [5.74, 6) is -0.00710. The number of hydrogen-bond donors (Lipinski definition) is 1. The minimum atomic E-state index is -0.921. The highest BCUT2D eigenvalue weighted by atomic mass is 32.1. The van der Waals surface area contributed by atoms with Crippen molar-refractivity contribution in [2.45, 2.75) is 26.3 Å². The molecule has 0 aliphatic rings. The van der Waals surface area contributed by atoms with Crippen LogP contribution in [0.3, 0.4) is 0 Å². The first-order valence-corrected chi connectivity index (χ1v) is 7.68. The molecule has 3 rings (SSSR count). The summed E-state index contributed by atoms with van der Waals surface area (Å²) in [6.07, 6.45) is 0.949. The monoisotopic (exact) mass is 300 g/mol. The number of aromatic nitrogens is 2. The Morgan fingerprint density at radius 1 is 1.43 bits per heavy atom. The van der Waals surface area contributed by atoms with E-state index in [9.17, 15) is 4.79 Å². The van der Waals surface area contributed by atoms with Gasteiger partial charge in [0.1, 0.15) is 5.82 Å². The average Bonchev–Trinajstić information content (AvgIpc) is 3.03. The summed E-state index contributed by atoms with van der Waals surface area (Å²) in [6.45, 7) is 4.13. The molecule has 0 aliphatic carbocycles. The molecule has 0 radical (unpaired) electrons. The summed E-state index contributed by atoms with van der Waals surface area (Å²) >= 11 is 1.75. The number of thiophene rings is 1. The van der Waals surface area contributed by atoms with Gasteiger partial charge in [0, 0.05) is 17.3 Å². The first-order valence-electron chi connectivity index (χ1n) is 6.80. The minimum absolute atomic E-state index is 0.276. The van der Waals surface area contributed by atoms with Crippen molar-refractivity contribution >= 4 is 28.3 Å². The lowest BCUT2D eigenvalue weighted by Gasteiger charge is -2.15. The molecule has 21 heavy (non-hydrogen) atoms. The number of carboxylic acids is 1. The van der Waals surface area contributed by atoms with Gasteiger partial charge in [-0.2, -0.15) is 0 Å². The van der Waals surface area contributed by atoms with E-state index in [-0.39, 0.29) is 11.6 Å². The Kier molecular flexibility index (Phi) is 3.51. The lowest BCUT2D eigenvalue weighted by atomic mass is 10.1. The van der Waals surface area contributed by atoms with E-state index in [1.165, 1.54) is 4.88 Å². The number of carbonyl (C=O) groups is 1. The molecule has 0 bridgehead atoms. The quantitative estimate of drug-likeness (QED) is 0.795. The average molecular weight is 300 g/mol. The number of nitrogens with zero attached hydrogens (tertiary/aromatic N) is 2. The molecule has 1 aromatic carbocycles. The van der Waals surface area contributed by atoms with Crippen LogP contribution in [0.1, 0.15) is 34.0 Å². The third-order valence-corrected chi connectivity index (χ3v) is 4.53. The highest BCUT2D eigenvalue weighted by Crippen LogP contribution is 2.25. The zero-order valence-corrected chi connectivity index (χ0v) is 12.7. The Bertz CT molecular complexity index is 790. The van der Waals surface area contributed by atoms with Gasteiger partial charge < -0.3 is 9.67 Å². The Balaban J connectivity index is 2.01. The van der Waals surface area contributed by atoms with Gasteiger partial charge in [0.05, 0.1) is 16.6 Å². The second-order valence-electron chi connectivity index (χ2n) is 5.17. The van der Waals surface area contributed by atoms with Crippen molar-refractivity contribution in [3.63, 3.8) is 0 Å². The van der Waals surface area contributed by atoms with Crippen LogP contribution < -0.4 is 0 Å². The van der Waals surface area contributed by atoms with Gasteiger partial charge in [-0.05, 0) is 43.5 Å². The van der Waals surface area contributed by atoms with Crippen molar-refractivity contribution in [2.24, 2.45) is 0 Å². The maximum Gasteiger partial charge on any atom is 0.335 e. The second kappa shape index (κ2) is 5.33. The standard InChI is InChI=1S/C16H16N2O2S/c1-10(8-13-4-3-7-21-13)18-11(2)17-14-9-12(16(19)20)5-6-15(14)18/h3-7,9-10H,8H2,1-2H3,(H,19,20). The van der Waals surface area contributed by atoms with Crippen molar-refractivity contribution in [3.8, 4) is 0 Å². The fourth-order valence-corrected chi connectivity index (χ4v) is 3.55. The van der Waals surface area contributed by atoms with Crippen LogP contribution >= 0.6 is 11.3 Å². The van der Waals surface area contributed by atoms with E-state index < -0.39 is 5.97 Å². The minimum Gasteiger partial charge on any atom is -0.478 e. The van der Waals surface area contributed by atoms with Gasteiger partial charge in [0.25, 0.3) is 0 Å². The number of benzene rings is 1. The molecule has 0 saturated carbocycles. The van der Waals surface area contributed by atoms with Gasteiger partial charge in [-0.3, -0.25) is 0 Å². The van der Waals surface area contributed by atoms with Crippen LogP contribution in [0.15, 0.2) is 35.7 Å². The van der Waals surface area contributed by atoms with E-state index in [1.54, 1.807) is 23.5 Å². The smallest absolute Gasteiger partial charge is 0.335 e. The number of carboxylic acid groups (broad SMARTS) is 1. The van der Waals surface area contributed by atoms with Crippen LogP contribution in [0.5, 0.6) is 0 Å². The number of aryl methyl sites for hydroxylation is 1. The predicted octanol–water partition coefficient (Wildman–Crippen LogP) is 3.91. The molecule has 0 aliphatic heterocycles. The Morgan fingerprint density at radius 2 is 2.24 bits per heavy atom. The van der Waals surface area contributed by atoms with Crippen LogP contribution in [0.25, 0.3) is 11.0 Å². The van der Waals surface area contributed by atoms with E-state index in [2.05, 4.69) is 34.0 Å². The molecule has 1 unspecified atom stereocenters. The number of aromatic carboxylic acids is 1. The van der Waals surface area contributed by atoms with Crippen molar-refractivity contribution in [1.29, 1.82) is 0 Å². The maximum absolute atomic E-state index is 11.0.